The van der Waals surface area contributed by atoms with Crippen LogP contribution in [-0.4, -0.2) is 29.6 Å². The van der Waals surface area contributed by atoms with Crippen LogP contribution in [0.25, 0.3) is 0 Å². The summed E-state index contributed by atoms with van der Waals surface area (Å²) in [7, 11) is 0. The average molecular weight is 316 g/mol. The number of fused-ring (bicyclic) bond motifs is 3. The number of carbonyl (C=O) groups is 2. The van der Waals surface area contributed by atoms with Crippen LogP contribution >= 0.6 is 0 Å². The van der Waals surface area contributed by atoms with E-state index >= 15 is 0 Å². The molecule has 0 radical (unpaired) electrons. The van der Waals surface area contributed by atoms with Crippen LogP contribution in [0.1, 0.15) is 38.0 Å². The largest absolute Gasteiger partial charge is 0.426 e. The lowest BCUT2D eigenvalue weighted by Gasteiger charge is -2.28. The molecular formula is C18H20O5. The Morgan fingerprint density at radius 2 is 1.96 bits per heavy atom. The molecule has 2 fully saturated rings. The van der Waals surface area contributed by atoms with Gasteiger partial charge in [-0.1, -0.05) is 12.1 Å². The number of benzene rings is 1. The van der Waals surface area contributed by atoms with E-state index in [4.69, 9.17) is 14.2 Å². The summed E-state index contributed by atoms with van der Waals surface area (Å²) in [6, 6.07) is 5.58. The van der Waals surface area contributed by atoms with Crippen molar-refractivity contribution in [2.75, 3.05) is 0 Å². The molecule has 1 aromatic carbocycles. The third-order valence-electron chi connectivity index (χ3n) is 5.21. The van der Waals surface area contributed by atoms with E-state index in [0.29, 0.717) is 5.75 Å². The van der Waals surface area contributed by atoms with E-state index in [2.05, 4.69) is 0 Å². The van der Waals surface area contributed by atoms with Gasteiger partial charge in [0, 0.05) is 5.56 Å². The Bertz CT molecular complexity index is 707. The van der Waals surface area contributed by atoms with E-state index in [9.17, 15) is 9.59 Å². The van der Waals surface area contributed by atoms with Gasteiger partial charge < -0.3 is 14.2 Å². The van der Waals surface area contributed by atoms with Gasteiger partial charge in [0.25, 0.3) is 0 Å². The molecule has 3 aliphatic heterocycles. The van der Waals surface area contributed by atoms with Gasteiger partial charge in [0.2, 0.25) is 0 Å². The van der Waals surface area contributed by atoms with E-state index < -0.39 is 29.6 Å². The number of ether oxygens (including phenoxy) is 3. The monoisotopic (exact) mass is 316 g/mol. The molecule has 5 unspecified atom stereocenters. The molecule has 0 bridgehead atoms. The summed E-state index contributed by atoms with van der Waals surface area (Å²) in [6.45, 7) is 7.57. The maximum absolute atomic E-state index is 12.8. The maximum atomic E-state index is 12.8. The Hall–Kier alpha value is -1.72. The third-order valence-corrected chi connectivity index (χ3v) is 5.21. The topological polar surface area (TPSA) is 65.1 Å². The first-order valence-corrected chi connectivity index (χ1v) is 7.99. The van der Waals surface area contributed by atoms with Crippen LogP contribution in [0.4, 0.5) is 0 Å². The van der Waals surface area contributed by atoms with Crippen molar-refractivity contribution in [2.24, 2.45) is 11.8 Å². The summed E-state index contributed by atoms with van der Waals surface area (Å²) >= 11 is 0. The highest BCUT2D eigenvalue weighted by Crippen LogP contribution is 2.52. The van der Waals surface area contributed by atoms with Crippen LogP contribution in [-0.2, 0) is 19.1 Å². The van der Waals surface area contributed by atoms with E-state index in [-0.39, 0.29) is 17.9 Å². The molecule has 0 amide bonds. The lowest BCUT2D eigenvalue weighted by atomic mass is 9.78. The summed E-state index contributed by atoms with van der Waals surface area (Å²) in [6.07, 6.45) is -1.21. The van der Waals surface area contributed by atoms with Crippen molar-refractivity contribution < 1.29 is 23.8 Å². The molecule has 2 saturated heterocycles. The van der Waals surface area contributed by atoms with Crippen LogP contribution in [0.5, 0.6) is 5.75 Å². The summed E-state index contributed by atoms with van der Waals surface area (Å²) < 4.78 is 17.0. The van der Waals surface area contributed by atoms with Gasteiger partial charge in [-0.25, -0.2) is 0 Å². The highest BCUT2D eigenvalue weighted by molar-refractivity contribution is 5.94. The van der Waals surface area contributed by atoms with Gasteiger partial charge in [0.15, 0.2) is 5.78 Å². The number of esters is 1. The number of aryl methyl sites for hydroxylation is 1. The molecular weight excluding hydrogens is 296 g/mol. The van der Waals surface area contributed by atoms with Gasteiger partial charge >= 0.3 is 5.97 Å². The molecule has 0 N–H and O–H groups in total. The van der Waals surface area contributed by atoms with Crippen molar-refractivity contribution >= 4 is 11.8 Å². The van der Waals surface area contributed by atoms with Gasteiger partial charge in [0.1, 0.15) is 23.9 Å². The normalized spacial score (nSPS) is 36.9. The predicted molar refractivity (Wildman–Crippen MR) is 81.0 cm³/mol. The summed E-state index contributed by atoms with van der Waals surface area (Å²) in [5.74, 6) is -1.00. The van der Waals surface area contributed by atoms with Gasteiger partial charge in [-0.05, 0) is 39.3 Å². The SMILES string of the molecule is Cc1cccc2c1C1OC(C)C(C(=O)C3OC3(C)C)C1C(=O)O2. The zero-order valence-electron chi connectivity index (χ0n) is 13.7. The van der Waals surface area contributed by atoms with Gasteiger partial charge in [-0.2, -0.15) is 0 Å². The standard InChI is InChI=1S/C18H20O5/c1-8-6-5-7-10-11(8)15-13(17(20)22-10)12(9(2)21-15)14(19)16-18(3,4)23-16/h5-7,9,12-13,15-16H,1-4H3. The van der Waals surface area contributed by atoms with Crippen LogP contribution in [0.2, 0.25) is 0 Å². The fourth-order valence-corrected chi connectivity index (χ4v) is 3.94. The minimum Gasteiger partial charge on any atom is -0.426 e. The highest BCUT2D eigenvalue weighted by atomic mass is 16.6. The van der Waals surface area contributed by atoms with Gasteiger partial charge in [-0.15, -0.1) is 0 Å². The van der Waals surface area contributed by atoms with Crippen molar-refractivity contribution in [3.8, 4) is 5.75 Å². The third kappa shape index (κ3) is 2.07. The molecule has 5 heteroatoms. The smallest absolute Gasteiger partial charge is 0.318 e. The Kier molecular flexibility index (Phi) is 3.00. The number of hydrogen-bond acceptors (Lipinski definition) is 5. The quantitative estimate of drug-likeness (QED) is 0.476. The van der Waals surface area contributed by atoms with Crippen molar-refractivity contribution in [1.29, 1.82) is 0 Å². The second-order valence-electron chi connectivity index (χ2n) is 7.22. The van der Waals surface area contributed by atoms with E-state index in [1.165, 1.54) is 0 Å². The number of carbonyl (C=O) groups excluding carboxylic acids is 2. The molecule has 4 rings (SSSR count). The van der Waals surface area contributed by atoms with Crippen LogP contribution in [0.15, 0.2) is 18.2 Å². The minimum atomic E-state index is -0.592. The molecule has 0 saturated carbocycles. The summed E-state index contributed by atoms with van der Waals surface area (Å²) in [5.41, 5.74) is 1.45. The Morgan fingerprint density at radius 1 is 1.26 bits per heavy atom. The van der Waals surface area contributed by atoms with Crippen LogP contribution < -0.4 is 4.74 Å². The molecule has 5 nitrogen and oxygen atoms in total. The first kappa shape index (κ1) is 14.8. The van der Waals surface area contributed by atoms with Crippen LogP contribution in [0.3, 0.4) is 0 Å². The lowest BCUT2D eigenvalue weighted by Crippen LogP contribution is -2.40. The number of Topliss-reactive ketones (excluding diaryl/α,β-unsaturated/α-hetero) is 1. The summed E-state index contributed by atoms with van der Waals surface area (Å²) in [4.78, 5) is 25.3. The fraction of sp³-hybridized carbons (Fsp3) is 0.556. The first-order valence-electron chi connectivity index (χ1n) is 7.99. The molecule has 0 aliphatic carbocycles. The van der Waals surface area contributed by atoms with Crippen molar-refractivity contribution in [3.05, 3.63) is 29.3 Å². The Morgan fingerprint density at radius 3 is 2.61 bits per heavy atom. The van der Waals surface area contributed by atoms with Crippen molar-refractivity contribution in [1.82, 2.24) is 0 Å². The molecule has 3 heterocycles. The van der Waals surface area contributed by atoms with Crippen molar-refractivity contribution in [3.63, 3.8) is 0 Å². The van der Waals surface area contributed by atoms with Crippen molar-refractivity contribution in [2.45, 2.75) is 51.6 Å². The summed E-state index contributed by atoms with van der Waals surface area (Å²) in [5, 5.41) is 0. The van der Waals surface area contributed by atoms with E-state index in [1.54, 1.807) is 6.07 Å². The number of epoxide rings is 1. The molecule has 122 valence electrons. The zero-order chi connectivity index (χ0) is 16.5. The number of rotatable bonds is 2. The molecule has 0 aromatic heterocycles. The molecule has 23 heavy (non-hydrogen) atoms. The predicted octanol–water partition coefficient (Wildman–Crippen LogP) is 2.35. The second-order valence-corrected chi connectivity index (χ2v) is 7.22. The molecule has 5 atom stereocenters. The highest BCUT2D eigenvalue weighted by Gasteiger charge is 2.61. The first-order chi connectivity index (χ1) is 10.8. The average Bonchev–Trinajstić information content (AvgIpc) is 2.96. The molecule has 3 aliphatic rings. The van der Waals surface area contributed by atoms with E-state index in [1.807, 2.05) is 39.8 Å². The Labute approximate surface area is 134 Å². The number of ketones is 1. The van der Waals surface area contributed by atoms with Gasteiger partial charge in [-0.3, -0.25) is 9.59 Å². The Balaban J connectivity index is 1.72. The second kappa shape index (κ2) is 4.65. The molecule has 1 aromatic rings. The van der Waals surface area contributed by atoms with Gasteiger partial charge in [0.05, 0.1) is 17.6 Å². The fourth-order valence-electron chi connectivity index (χ4n) is 3.94. The van der Waals surface area contributed by atoms with Crippen LogP contribution in [0, 0.1) is 18.8 Å². The minimum absolute atomic E-state index is 0.0519. The lowest BCUT2D eigenvalue weighted by molar-refractivity contribution is -0.146. The molecule has 0 spiro atoms. The maximum Gasteiger partial charge on any atom is 0.318 e. The number of hydrogen-bond donors (Lipinski definition) is 0. The van der Waals surface area contributed by atoms with E-state index in [0.717, 1.165) is 11.1 Å². The zero-order valence-corrected chi connectivity index (χ0v) is 13.7.